The lowest BCUT2D eigenvalue weighted by Crippen LogP contribution is -2.35. The van der Waals surface area contributed by atoms with Crippen LogP contribution in [0.3, 0.4) is 0 Å². The summed E-state index contributed by atoms with van der Waals surface area (Å²) in [5.74, 6) is -0.126. The fourth-order valence-electron chi connectivity index (χ4n) is 2.98. The molecule has 2 aromatic carbocycles. The molecule has 0 spiro atoms. The van der Waals surface area contributed by atoms with Gasteiger partial charge < -0.3 is 10.1 Å². The monoisotopic (exact) mass is 558 g/mol. The largest absolute Gasteiger partial charge is 0.453 e. The molecule has 37 heavy (non-hydrogen) atoms. The number of nitrogens with zero attached hydrogens (tertiary/aromatic N) is 3. The van der Waals surface area contributed by atoms with Crippen LogP contribution in [0.15, 0.2) is 64.6 Å². The zero-order valence-electron chi connectivity index (χ0n) is 18.7. The summed E-state index contributed by atoms with van der Waals surface area (Å²) in [6, 6.07) is 8.04. The van der Waals surface area contributed by atoms with Crippen LogP contribution in [0.4, 0.5) is 28.0 Å². The summed E-state index contributed by atoms with van der Waals surface area (Å²) in [4.78, 5) is 35.5. The van der Waals surface area contributed by atoms with E-state index in [2.05, 4.69) is 10.4 Å². The van der Waals surface area contributed by atoms with Crippen LogP contribution in [0.2, 0.25) is 10.0 Å². The third kappa shape index (κ3) is 6.46. The van der Waals surface area contributed by atoms with Crippen molar-refractivity contribution in [3.05, 3.63) is 80.7 Å². The normalized spacial score (nSPS) is 11.7. The number of hydrogen-bond donors (Lipinski definition) is 1. The molecule has 0 unspecified atom stereocenters. The highest BCUT2D eigenvalue weighted by Crippen LogP contribution is 2.40. The van der Waals surface area contributed by atoms with E-state index >= 15 is 0 Å². The first-order valence-electron chi connectivity index (χ1n) is 10.2. The molecule has 0 aliphatic rings. The Labute approximate surface area is 216 Å². The van der Waals surface area contributed by atoms with Crippen LogP contribution < -0.4 is 20.6 Å². The van der Waals surface area contributed by atoms with Crippen LogP contribution in [-0.4, -0.2) is 36.3 Å². The lowest BCUT2D eigenvalue weighted by Gasteiger charge is -2.19. The number of urea groups is 1. The molecular formula is C23H16Cl2F4N4O4. The SMILES string of the molecule is CNC(=O)N(/N=C(\C=O)CF)c1cc(Cl)c(Oc2ccc(=O)n(-c3cccc(C(F)(F)F)c3)c2)c(Cl)c1. The number of carbonyl (C=O) groups is 2. The molecule has 1 aromatic heterocycles. The van der Waals surface area contributed by atoms with Crippen LogP contribution >= 0.6 is 23.2 Å². The maximum atomic E-state index is 13.1. The number of hydrogen-bond acceptors (Lipinski definition) is 5. The van der Waals surface area contributed by atoms with Gasteiger partial charge in [-0.05, 0) is 36.4 Å². The van der Waals surface area contributed by atoms with Gasteiger partial charge in [0.15, 0.2) is 12.0 Å². The first-order valence-corrected chi connectivity index (χ1v) is 10.9. The van der Waals surface area contributed by atoms with Crippen LogP contribution in [0, 0.1) is 0 Å². The molecule has 3 rings (SSSR count). The average molecular weight is 559 g/mol. The molecule has 0 aliphatic heterocycles. The molecule has 14 heteroatoms. The van der Waals surface area contributed by atoms with Gasteiger partial charge in [-0.15, -0.1) is 0 Å². The molecule has 0 saturated carbocycles. The maximum Gasteiger partial charge on any atom is 0.416 e. The van der Waals surface area contributed by atoms with E-state index in [9.17, 15) is 31.9 Å². The molecule has 0 fully saturated rings. The lowest BCUT2D eigenvalue weighted by atomic mass is 10.2. The molecule has 0 bridgehead atoms. The first kappa shape index (κ1) is 27.7. The highest BCUT2D eigenvalue weighted by Gasteiger charge is 2.30. The van der Waals surface area contributed by atoms with E-state index in [4.69, 9.17) is 27.9 Å². The van der Waals surface area contributed by atoms with Gasteiger partial charge in [0, 0.05) is 18.8 Å². The number of nitrogens with one attached hydrogen (secondary N) is 1. The Morgan fingerprint density at radius 3 is 2.41 bits per heavy atom. The highest BCUT2D eigenvalue weighted by atomic mass is 35.5. The van der Waals surface area contributed by atoms with Crippen LogP contribution in [0.1, 0.15) is 5.56 Å². The molecule has 8 nitrogen and oxygen atoms in total. The predicted molar refractivity (Wildman–Crippen MR) is 130 cm³/mol. The third-order valence-electron chi connectivity index (χ3n) is 4.69. The average Bonchev–Trinajstić information content (AvgIpc) is 2.87. The molecule has 0 atom stereocenters. The summed E-state index contributed by atoms with van der Waals surface area (Å²) in [5.41, 5.74) is -2.25. The van der Waals surface area contributed by atoms with E-state index in [0.717, 1.165) is 35.0 Å². The number of amides is 2. The number of carbonyl (C=O) groups excluding carboxylic acids is 2. The molecule has 2 amide bonds. The predicted octanol–water partition coefficient (Wildman–Crippen LogP) is 5.63. The summed E-state index contributed by atoms with van der Waals surface area (Å²) >= 11 is 12.6. The van der Waals surface area contributed by atoms with E-state index < -0.39 is 35.7 Å². The van der Waals surface area contributed by atoms with Gasteiger partial charge in [-0.2, -0.15) is 23.3 Å². The molecule has 0 saturated heterocycles. The fraction of sp³-hybridized carbons (Fsp3) is 0.130. The Hall–Kier alpha value is -3.90. The summed E-state index contributed by atoms with van der Waals surface area (Å²) in [5, 5.41) is 6.30. The smallest absolute Gasteiger partial charge is 0.416 e. The van der Waals surface area contributed by atoms with Gasteiger partial charge in [0.2, 0.25) is 0 Å². The van der Waals surface area contributed by atoms with E-state index in [1.54, 1.807) is 0 Å². The van der Waals surface area contributed by atoms with Crippen LogP contribution in [0.5, 0.6) is 11.5 Å². The number of halogens is 6. The Morgan fingerprint density at radius 2 is 1.84 bits per heavy atom. The van der Waals surface area contributed by atoms with Crippen molar-refractivity contribution in [1.82, 2.24) is 9.88 Å². The number of benzene rings is 2. The van der Waals surface area contributed by atoms with Gasteiger partial charge in [0.1, 0.15) is 18.1 Å². The van der Waals surface area contributed by atoms with Crippen molar-refractivity contribution in [2.45, 2.75) is 6.18 Å². The van der Waals surface area contributed by atoms with Crippen molar-refractivity contribution in [2.75, 3.05) is 18.7 Å². The Balaban J connectivity index is 2.00. The van der Waals surface area contributed by atoms with Gasteiger partial charge in [0.05, 0.1) is 27.5 Å². The van der Waals surface area contributed by atoms with E-state index in [-0.39, 0.29) is 39.2 Å². The van der Waals surface area contributed by atoms with Crippen LogP contribution in [-0.2, 0) is 11.0 Å². The molecule has 1 heterocycles. The second-order valence-corrected chi connectivity index (χ2v) is 7.99. The van der Waals surface area contributed by atoms with Crippen molar-refractivity contribution in [3.63, 3.8) is 0 Å². The van der Waals surface area contributed by atoms with Gasteiger partial charge >= 0.3 is 12.2 Å². The van der Waals surface area contributed by atoms with Crippen molar-refractivity contribution in [2.24, 2.45) is 5.10 Å². The van der Waals surface area contributed by atoms with E-state index in [0.29, 0.717) is 5.01 Å². The molecule has 0 aliphatic carbocycles. The third-order valence-corrected chi connectivity index (χ3v) is 5.25. The van der Waals surface area contributed by atoms with Gasteiger partial charge in [-0.25, -0.2) is 9.18 Å². The maximum absolute atomic E-state index is 13.1. The zero-order valence-corrected chi connectivity index (χ0v) is 20.2. The fourth-order valence-corrected chi connectivity index (χ4v) is 3.54. The van der Waals surface area contributed by atoms with Gasteiger partial charge in [-0.3, -0.25) is 14.2 Å². The first-order chi connectivity index (χ1) is 17.5. The minimum absolute atomic E-state index is 0.00425. The number of alkyl halides is 4. The number of aromatic nitrogens is 1. The number of rotatable bonds is 7. The topological polar surface area (TPSA) is 93.0 Å². The number of pyridine rings is 1. The number of aldehydes is 1. The minimum Gasteiger partial charge on any atom is -0.453 e. The summed E-state index contributed by atoms with van der Waals surface area (Å²) in [7, 11) is 1.28. The minimum atomic E-state index is -4.61. The standard InChI is InChI=1S/C23H16Cl2F4N4O4/c1-30-22(36)33(31-14(10-26)12-34)16-8-18(24)21(19(25)9-16)37-17-5-6-20(35)32(11-17)15-4-2-3-13(7-15)23(27,28)29/h2-9,11-12H,10H2,1H3,(H,30,36)/b31-14-. The second kappa shape index (κ2) is 11.4. The van der Waals surface area contributed by atoms with Crippen molar-refractivity contribution >= 4 is 46.9 Å². The van der Waals surface area contributed by atoms with Crippen LogP contribution in [0.25, 0.3) is 5.69 Å². The summed E-state index contributed by atoms with van der Waals surface area (Å²) in [6.07, 6.45) is -3.33. The zero-order chi connectivity index (χ0) is 27.3. The molecule has 3 aromatic rings. The molecular weight excluding hydrogens is 543 g/mol. The Morgan fingerprint density at radius 1 is 1.16 bits per heavy atom. The summed E-state index contributed by atoms with van der Waals surface area (Å²) in [6.45, 7) is -1.23. The highest BCUT2D eigenvalue weighted by molar-refractivity contribution is 6.37. The lowest BCUT2D eigenvalue weighted by molar-refractivity contribution is -0.137. The number of anilines is 1. The second-order valence-electron chi connectivity index (χ2n) is 7.17. The molecule has 194 valence electrons. The van der Waals surface area contributed by atoms with Gasteiger partial charge in [-0.1, -0.05) is 29.3 Å². The molecule has 0 radical (unpaired) electrons. The van der Waals surface area contributed by atoms with Crippen molar-refractivity contribution in [1.29, 1.82) is 0 Å². The quantitative estimate of drug-likeness (QED) is 0.176. The Kier molecular flexibility index (Phi) is 8.56. The van der Waals surface area contributed by atoms with Crippen molar-refractivity contribution in [3.8, 4) is 17.2 Å². The molecule has 1 N–H and O–H groups in total. The summed E-state index contributed by atoms with van der Waals surface area (Å²) < 4.78 is 58.9. The van der Waals surface area contributed by atoms with E-state index in [1.807, 2.05) is 0 Å². The number of hydrazone groups is 1. The van der Waals surface area contributed by atoms with Gasteiger partial charge in [0.25, 0.3) is 5.56 Å². The van der Waals surface area contributed by atoms with Crippen molar-refractivity contribution < 1.29 is 31.9 Å². The number of ether oxygens (including phenoxy) is 1. The Bertz CT molecular complexity index is 1400. The van der Waals surface area contributed by atoms with E-state index in [1.165, 1.54) is 31.3 Å².